The quantitative estimate of drug-likeness (QED) is 0.147. The number of ether oxygens (including phenoxy) is 3. The molecule has 3 atom stereocenters. The van der Waals surface area contributed by atoms with Gasteiger partial charge in [-0.2, -0.15) is 0 Å². The highest BCUT2D eigenvalue weighted by Gasteiger charge is 2.42. The smallest absolute Gasteiger partial charge is 0.256 e. The lowest BCUT2D eigenvalue weighted by atomic mass is 9.80. The predicted molar refractivity (Wildman–Crippen MR) is 184 cm³/mol. The summed E-state index contributed by atoms with van der Waals surface area (Å²) in [5.41, 5.74) is 3.03. The Labute approximate surface area is 283 Å². The molecular formula is C39H35FN5O4. The molecule has 1 aliphatic rings. The molecule has 10 heteroatoms. The van der Waals surface area contributed by atoms with Crippen LogP contribution in [0.15, 0.2) is 122 Å². The molecule has 6 aromatic rings. The average Bonchev–Trinajstić information content (AvgIpc) is 3.76. The van der Waals surface area contributed by atoms with Gasteiger partial charge in [0.2, 0.25) is 0 Å². The molecule has 1 fully saturated rings. The largest absolute Gasteiger partial charge is 0.497 e. The fraction of sp³-hybridized carbons (Fsp3) is 0.205. The molecule has 0 spiro atoms. The van der Waals surface area contributed by atoms with E-state index in [9.17, 15) is 4.79 Å². The lowest BCUT2D eigenvalue weighted by Crippen LogP contribution is -2.34. The first-order valence-corrected chi connectivity index (χ1v) is 16.0. The summed E-state index contributed by atoms with van der Waals surface area (Å²) in [6.07, 6.45) is 3.79. The third kappa shape index (κ3) is 6.23. The normalized spacial score (nSPS) is 17.6. The number of halogens is 1. The summed E-state index contributed by atoms with van der Waals surface area (Å²) in [6, 6.07) is 34.0. The van der Waals surface area contributed by atoms with Crippen LogP contribution in [0.5, 0.6) is 11.5 Å². The van der Waals surface area contributed by atoms with Crippen LogP contribution in [0, 0.1) is 12.3 Å². The molecule has 9 nitrogen and oxygen atoms in total. The van der Waals surface area contributed by atoms with Crippen LogP contribution in [0.1, 0.15) is 39.5 Å². The first kappa shape index (κ1) is 32.0. The van der Waals surface area contributed by atoms with E-state index in [-0.39, 0.29) is 24.2 Å². The molecule has 0 bridgehead atoms. The minimum absolute atomic E-state index is 0.226. The van der Waals surface area contributed by atoms with Crippen molar-refractivity contribution in [2.75, 3.05) is 26.1 Å². The fourth-order valence-electron chi connectivity index (χ4n) is 6.56. The standard InChI is InChI=1S/C39H35FN5O4/c1-47-31-17-13-29(14-18-31)39(28-11-7-4-8-12-28,30-15-19-32(48-2)20-16-30)49-23-26-21-33(40)34(22-26)45-25-43-35-36(41-24-42-37(35)45)44-38(46)27-9-5-3-6-10-27/h3-21,24-26,33-34H,22-23H2,1-2H3,(H,41,42,44,46)/t26-,33+,34-/m1/s1. The number of benzene rings is 4. The topological polar surface area (TPSA) is 100 Å². The zero-order valence-electron chi connectivity index (χ0n) is 27.1. The maximum Gasteiger partial charge on any atom is 0.256 e. The molecule has 1 aliphatic carbocycles. The Morgan fingerprint density at radius 1 is 0.816 bits per heavy atom. The Balaban J connectivity index is 1.18. The number of hydrogen-bond donors (Lipinski definition) is 1. The van der Waals surface area contributed by atoms with E-state index in [2.05, 4.69) is 20.3 Å². The predicted octanol–water partition coefficient (Wildman–Crippen LogP) is 7.21. The molecule has 2 heterocycles. The number of fused-ring (bicyclic) bond motifs is 1. The number of rotatable bonds is 11. The van der Waals surface area contributed by atoms with E-state index in [0.29, 0.717) is 23.1 Å². The zero-order chi connectivity index (χ0) is 33.8. The molecule has 1 radical (unpaired) electrons. The Hall–Kier alpha value is -5.61. The molecule has 2 aromatic heterocycles. The Morgan fingerprint density at radius 2 is 1.41 bits per heavy atom. The molecule has 0 unspecified atom stereocenters. The second kappa shape index (κ2) is 13.9. The van der Waals surface area contributed by atoms with Crippen LogP contribution >= 0.6 is 0 Å². The van der Waals surface area contributed by atoms with E-state index in [1.165, 1.54) is 6.33 Å². The van der Waals surface area contributed by atoms with Gasteiger partial charge >= 0.3 is 0 Å². The molecular weight excluding hydrogens is 621 g/mol. The zero-order valence-corrected chi connectivity index (χ0v) is 27.1. The van der Waals surface area contributed by atoms with Crippen molar-refractivity contribution in [3.8, 4) is 11.5 Å². The highest BCUT2D eigenvalue weighted by molar-refractivity contribution is 6.06. The van der Waals surface area contributed by atoms with E-state index in [0.717, 1.165) is 28.2 Å². The first-order chi connectivity index (χ1) is 24.0. The number of imidazole rings is 1. The van der Waals surface area contributed by atoms with Crippen molar-refractivity contribution in [3.63, 3.8) is 0 Å². The summed E-state index contributed by atoms with van der Waals surface area (Å²) < 4.78 is 35.6. The number of aromatic nitrogens is 4. The molecule has 1 saturated carbocycles. The van der Waals surface area contributed by atoms with E-state index in [1.807, 2.05) is 84.9 Å². The SMILES string of the molecule is COc1ccc(C(OC[C@@H]2[CH][C@H](F)[C@H](n3cnc4c(NC(=O)c5ccccc5)ncnc43)C2)(c2ccccc2)c2ccc(OC)cc2)cc1. The maximum absolute atomic E-state index is 15.9. The number of methoxy groups -OCH3 is 2. The maximum atomic E-state index is 15.9. The number of carbonyl (C=O) groups is 1. The lowest BCUT2D eigenvalue weighted by molar-refractivity contribution is -0.00283. The van der Waals surface area contributed by atoms with Crippen LogP contribution in [0.3, 0.4) is 0 Å². The second-order valence-electron chi connectivity index (χ2n) is 11.9. The number of nitrogens with zero attached hydrogens (tertiary/aromatic N) is 4. The van der Waals surface area contributed by atoms with Gasteiger partial charge in [0.1, 0.15) is 29.6 Å². The average molecular weight is 657 g/mol. The van der Waals surface area contributed by atoms with Gasteiger partial charge in [0.05, 0.1) is 33.2 Å². The van der Waals surface area contributed by atoms with Gasteiger partial charge in [0.25, 0.3) is 5.91 Å². The van der Waals surface area contributed by atoms with E-state index in [1.54, 1.807) is 55.8 Å². The highest BCUT2D eigenvalue weighted by Crippen LogP contribution is 2.44. The van der Waals surface area contributed by atoms with Gasteiger partial charge in [0.15, 0.2) is 17.0 Å². The number of carbonyl (C=O) groups excluding carboxylic acids is 1. The van der Waals surface area contributed by atoms with Crippen LogP contribution in [-0.2, 0) is 10.3 Å². The molecule has 7 rings (SSSR count). The summed E-state index contributed by atoms with van der Waals surface area (Å²) in [6.45, 7) is 0.240. The van der Waals surface area contributed by atoms with Gasteiger partial charge in [-0.3, -0.25) is 4.79 Å². The van der Waals surface area contributed by atoms with E-state index >= 15 is 4.39 Å². The second-order valence-corrected chi connectivity index (χ2v) is 11.9. The molecule has 0 aliphatic heterocycles. The van der Waals surface area contributed by atoms with Crippen molar-refractivity contribution in [2.24, 2.45) is 5.92 Å². The van der Waals surface area contributed by atoms with Gasteiger partial charge in [0, 0.05) is 12.0 Å². The van der Waals surface area contributed by atoms with Crippen LogP contribution in [0.25, 0.3) is 11.2 Å². The summed E-state index contributed by atoms with van der Waals surface area (Å²) in [4.78, 5) is 26.0. The summed E-state index contributed by atoms with van der Waals surface area (Å²) >= 11 is 0. The third-order valence-electron chi connectivity index (χ3n) is 9.04. The van der Waals surface area contributed by atoms with Crippen LogP contribution in [0.4, 0.5) is 10.2 Å². The van der Waals surface area contributed by atoms with Gasteiger partial charge in [-0.05, 0) is 65.4 Å². The molecule has 1 amide bonds. The van der Waals surface area contributed by atoms with Gasteiger partial charge < -0.3 is 24.1 Å². The van der Waals surface area contributed by atoms with Crippen molar-refractivity contribution in [1.29, 1.82) is 0 Å². The summed E-state index contributed by atoms with van der Waals surface area (Å²) in [7, 11) is 3.27. The van der Waals surface area contributed by atoms with E-state index < -0.39 is 17.8 Å². The molecule has 247 valence electrons. The number of hydrogen-bond acceptors (Lipinski definition) is 7. The first-order valence-electron chi connectivity index (χ1n) is 16.0. The minimum Gasteiger partial charge on any atom is -0.497 e. The molecule has 49 heavy (non-hydrogen) atoms. The number of anilines is 1. The molecule has 0 saturated heterocycles. The number of alkyl halides is 1. The third-order valence-corrected chi connectivity index (χ3v) is 9.04. The monoisotopic (exact) mass is 656 g/mol. The van der Waals surface area contributed by atoms with Crippen molar-refractivity contribution >= 4 is 22.9 Å². The molecule has 1 N–H and O–H groups in total. The molecule has 4 aromatic carbocycles. The van der Waals surface area contributed by atoms with Crippen molar-refractivity contribution in [1.82, 2.24) is 19.5 Å². The van der Waals surface area contributed by atoms with Crippen LogP contribution < -0.4 is 14.8 Å². The summed E-state index contributed by atoms with van der Waals surface area (Å²) in [5, 5.41) is 2.82. The number of nitrogens with one attached hydrogen (secondary N) is 1. The Bertz CT molecular complexity index is 1970. The fourth-order valence-corrected chi connectivity index (χ4v) is 6.56. The van der Waals surface area contributed by atoms with Crippen LogP contribution in [-0.4, -0.2) is 52.4 Å². The summed E-state index contributed by atoms with van der Waals surface area (Å²) in [5.74, 6) is 1.18. The highest BCUT2D eigenvalue weighted by atomic mass is 19.1. The number of amides is 1. The van der Waals surface area contributed by atoms with E-state index in [4.69, 9.17) is 14.2 Å². The Kier molecular flexibility index (Phi) is 9.04. The van der Waals surface area contributed by atoms with Crippen LogP contribution in [0.2, 0.25) is 0 Å². The Morgan fingerprint density at radius 3 is 2.02 bits per heavy atom. The van der Waals surface area contributed by atoms with Gasteiger partial charge in [-0.15, -0.1) is 0 Å². The van der Waals surface area contributed by atoms with Gasteiger partial charge in [-0.1, -0.05) is 72.8 Å². The van der Waals surface area contributed by atoms with Crippen molar-refractivity contribution in [3.05, 3.63) is 151 Å². The van der Waals surface area contributed by atoms with Crippen molar-refractivity contribution in [2.45, 2.75) is 24.2 Å². The minimum atomic E-state index is -1.28. The van der Waals surface area contributed by atoms with Crippen molar-refractivity contribution < 1.29 is 23.4 Å². The van der Waals surface area contributed by atoms with Gasteiger partial charge in [-0.25, -0.2) is 19.3 Å². The lowest BCUT2D eigenvalue weighted by Gasteiger charge is -2.37.